The van der Waals surface area contributed by atoms with Crippen molar-refractivity contribution in [1.29, 1.82) is 0 Å². The molecule has 0 fully saturated rings. The van der Waals surface area contributed by atoms with Crippen molar-refractivity contribution >= 4 is 10.0 Å². The lowest BCUT2D eigenvalue weighted by molar-refractivity contribution is -0.159. The molecule has 0 bridgehead atoms. The third-order valence-electron chi connectivity index (χ3n) is 3.06. The smallest absolute Gasteiger partial charge is 0.329 e. The third-order valence-corrected chi connectivity index (χ3v) is 4.39. The maximum Gasteiger partial charge on any atom is 0.471 e. The quantitative estimate of drug-likeness (QED) is 0.829. The number of hydrogen-bond donors (Lipinski definition) is 0. The molecule has 0 N–H and O–H groups in total. The fourth-order valence-corrected chi connectivity index (χ4v) is 2.73. The molecule has 0 aliphatic carbocycles. The number of hydrogen-bond acceptors (Lipinski definition) is 5. The lowest BCUT2D eigenvalue weighted by atomic mass is 10.1. The van der Waals surface area contributed by atoms with E-state index in [9.17, 15) is 21.6 Å². The SMILES string of the molecule is CCN(Cc1ccc(-c2noc(C(F)(F)F)n2)cc1)S(C)(=O)=O. The van der Waals surface area contributed by atoms with Crippen molar-refractivity contribution in [2.75, 3.05) is 12.8 Å². The molecule has 2 rings (SSSR count). The Hall–Kier alpha value is -1.94. The van der Waals surface area contributed by atoms with E-state index in [2.05, 4.69) is 14.7 Å². The molecule has 126 valence electrons. The van der Waals surface area contributed by atoms with E-state index in [4.69, 9.17) is 0 Å². The number of halogens is 3. The largest absolute Gasteiger partial charge is 0.471 e. The lowest BCUT2D eigenvalue weighted by Crippen LogP contribution is -2.29. The average Bonchev–Trinajstić information content (AvgIpc) is 2.94. The van der Waals surface area contributed by atoms with Gasteiger partial charge in [0, 0.05) is 18.7 Å². The summed E-state index contributed by atoms with van der Waals surface area (Å²) in [5.41, 5.74) is 1.04. The molecule has 0 atom stereocenters. The van der Waals surface area contributed by atoms with Crippen molar-refractivity contribution in [2.45, 2.75) is 19.6 Å². The lowest BCUT2D eigenvalue weighted by Gasteiger charge is -2.17. The molecule has 6 nitrogen and oxygen atoms in total. The standard InChI is InChI=1S/C13H14F3N3O3S/c1-3-19(23(2,20)21)8-9-4-6-10(7-5-9)11-17-12(22-18-11)13(14,15)16/h4-7H,3,8H2,1-2H3. The Morgan fingerprint density at radius 3 is 2.26 bits per heavy atom. The van der Waals surface area contributed by atoms with Gasteiger partial charge in [0.15, 0.2) is 0 Å². The second-order valence-corrected chi connectivity index (χ2v) is 6.79. The molecule has 10 heteroatoms. The molecule has 2 aromatic rings. The molecule has 1 aromatic heterocycles. The van der Waals surface area contributed by atoms with Crippen molar-refractivity contribution in [3.8, 4) is 11.4 Å². The summed E-state index contributed by atoms with van der Waals surface area (Å²) in [5.74, 6) is -1.59. The van der Waals surface area contributed by atoms with Crippen LogP contribution in [0.25, 0.3) is 11.4 Å². The Morgan fingerprint density at radius 2 is 1.83 bits per heavy atom. The van der Waals surface area contributed by atoms with Crippen LogP contribution in [-0.2, 0) is 22.7 Å². The second kappa shape index (κ2) is 6.28. The van der Waals surface area contributed by atoms with Gasteiger partial charge in [-0.25, -0.2) is 8.42 Å². The fraction of sp³-hybridized carbons (Fsp3) is 0.385. The minimum absolute atomic E-state index is 0.176. The van der Waals surface area contributed by atoms with Gasteiger partial charge in [-0.05, 0) is 5.56 Å². The van der Waals surface area contributed by atoms with Gasteiger partial charge in [0.2, 0.25) is 15.8 Å². The van der Waals surface area contributed by atoms with Crippen LogP contribution >= 0.6 is 0 Å². The molecule has 0 unspecified atom stereocenters. The van der Waals surface area contributed by atoms with Gasteiger partial charge < -0.3 is 4.52 Å². The summed E-state index contributed by atoms with van der Waals surface area (Å²) in [6.45, 7) is 2.21. The predicted molar refractivity (Wildman–Crippen MR) is 75.7 cm³/mol. The second-order valence-electron chi connectivity index (χ2n) is 4.81. The van der Waals surface area contributed by atoms with Crippen LogP contribution in [0.4, 0.5) is 13.2 Å². The van der Waals surface area contributed by atoms with Crippen LogP contribution in [0.1, 0.15) is 18.4 Å². The summed E-state index contributed by atoms with van der Waals surface area (Å²) in [6, 6.07) is 6.23. The number of alkyl halides is 3. The Kier molecular flexibility index (Phi) is 4.76. The minimum Gasteiger partial charge on any atom is -0.329 e. The zero-order valence-corrected chi connectivity index (χ0v) is 13.1. The van der Waals surface area contributed by atoms with Crippen LogP contribution in [0.5, 0.6) is 0 Å². The molecule has 0 saturated carbocycles. The first-order valence-electron chi connectivity index (χ1n) is 6.56. The van der Waals surface area contributed by atoms with Crippen LogP contribution in [-0.4, -0.2) is 35.7 Å². The molecule has 0 amide bonds. The van der Waals surface area contributed by atoms with Crippen molar-refractivity contribution in [3.05, 3.63) is 35.7 Å². The monoisotopic (exact) mass is 349 g/mol. The van der Waals surface area contributed by atoms with E-state index in [0.717, 1.165) is 6.26 Å². The maximum atomic E-state index is 12.4. The fourth-order valence-electron chi connectivity index (χ4n) is 1.88. The number of rotatable bonds is 5. The summed E-state index contributed by atoms with van der Waals surface area (Å²) < 4.78 is 65.8. The molecule has 0 spiro atoms. The molecule has 1 aromatic carbocycles. The molecule has 0 aliphatic heterocycles. The van der Waals surface area contributed by atoms with Crippen LogP contribution in [0.15, 0.2) is 28.8 Å². The topological polar surface area (TPSA) is 76.3 Å². The normalized spacial score (nSPS) is 12.8. The van der Waals surface area contributed by atoms with Crippen LogP contribution in [0.3, 0.4) is 0 Å². The predicted octanol–water partition coefficient (Wildman–Crippen LogP) is 2.54. The van der Waals surface area contributed by atoms with Gasteiger partial charge >= 0.3 is 12.1 Å². The molecular weight excluding hydrogens is 335 g/mol. The Labute approximate surface area is 131 Å². The van der Waals surface area contributed by atoms with Crippen molar-refractivity contribution in [2.24, 2.45) is 0 Å². The summed E-state index contributed by atoms with van der Waals surface area (Å²) in [4.78, 5) is 3.29. The molecule has 0 aliphatic rings. The van der Waals surface area contributed by atoms with Crippen molar-refractivity contribution in [3.63, 3.8) is 0 Å². The Bertz CT molecular complexity index is 770. The number of sulfonamides is 1. The maximum absolute atomic E-state index is 12.4. The van der Waals surface area contributed by atoms with Gasteiger partial charge in [-0.2, -0.15) is 22.5 Å². The van der Waals surface area contributed by atoms with Gasteiger partial charge in [-0.1, -0.05) is 36.3 Å². The van der Waals surface area contributed by atoms with Gasteiger partial charge in [0.05, 0.1) is 6.26 Å². The molecule has 23 heavy (non-hydrogen) atoms. The van der Waals surface area contributed by atoms with Crippen LogP contribution in [0.2, 0.25) is 0 Å². The minimum atomic E-state index is -4.69. The molecular formula is C13H14F3N3O3S. The zero-order valence-electron chi connectivity index (χ0n) is 12.3. The molecule has 0 saturated heterocycles. The highest BCUT2D eigenvalue weighted by Crippen LogP contribution is 2.29. The average molecular weight is 349 g/mol. The van der Waals surface area contributed by atoms with Gasteiger partial charge in [-0.3, -0.25) is 0 Å². The zero-order chi connectivity index (χ0) is 17.3. The van der Waals surface area contributed by atoms with E-state index in [1.54, 1.807) is 19.1 Å². The Balaban J connectivity index is 2.18. The molecule has 1 heterocycles. The Morgan fingerprint density at radius 1 is 1.22 bits per heavy atom. The van der Waals surface area contributed by atoms with E-state index < -0.39 is 22.1 Å². The van der Waals surface area contributed by atoms with Gasteiger partial charge in [-0.15, -0.1) is 0 Å². The first-order valence-corrected chi connectivity index (χ1v) is 8.41. The van der Waals surface area contributed by atoms with E-state index in [1.165, 1.54) is 16.4 Å². The highest BCUT2D eigenvalue weighted by atomic mass is 32.2. The van der Waals surface area contributed by atoms with Crippen molar-refractivity contribution in [1.82, 2.24) is 14.4 Å². The summed E-state index contributed by atoms with van der Waals surface area (Å²) >= 11 is 0. The van der Waals surface area contributed by atoms with E-state index in [1.807, 2.05) is 0 Å². The summed E-state index contributed by atoms with van der Waals surface area (Å²) in [7, 11) is -3.32. The first-order chi connectivity index (χ1) is 10.6. The van der Waals surface area contributed by atoms with E-state index >= 15 is 0 Å². The van der Waals surface area contributed by atoms with E-state index in [0.29, 0.717) is 17.7 Å². The van der Waals surface area contributed by atoms with Gasteiger partial charge in [0.1, 0.15) is 0 Å². The summed E-state index contributed by atoms with van der Waals surface area (Å²) in [6.07, 6.45) is -3.58. The van der Waals surface area contributed by atoms with E-state index in [-0.39, 0.29) is 12.4 Å². The summed E-state index contributed by atoms with van der Waals surface area (Å²) in [5, 5.41) is 3.29. The van der Waals surface area contributed by atoms with Crippen LogP contribution in [0, 0.1) is 0 Å². The van der Waals surface area contributed by atoms with Crippen LogP contribution < -0.4 is 0 Å². The molecule has 0 radical (unpaired) electrons. The third kappa shape index (κ3) is 4.29. The number of benzene rings is 1. The number of nitrogens with zero attached hydrogens (tertiary/aromatic N) is 3. The highest BCUT2D eigenvalue weighted by molar-refractivity contribution is 7.88. The van der Waals surface area contributed by atoms with Gasteiger partial charge in [0.25, 0.3) is 0 Å². The highest BCUT2D eigenvalue weighted by Gasteiger charge is 2.38. The van der Waals surface area contributed by atoms with Crippen molar-refractivity contribution < 1.29 is 26.1 Å². The number of aromatic nitrogens is 2. The first kappa shape index (κ1) is 17.4.